The van der Waals surface area contributed by atoms with Crippen molar-refractivity contribution in [2.75, 3.05) is 0 Å². The van der Waals surface area contributed by atoms with Gasteiger partial charge in [-0.15, -0.1) is 0 Å². The maximum absolute atomic E-state index is 13.1. The van der Waals surface area contributed by atoms with E-state index in [-0.39, 0.29) is 0 Å². The summed E-state index contributed by atoms with van der Waals surface area (Å²) in [6.45, 7) is -0.676. The Morgan fingerprint density at radius 3 is 1.12 bits per heavy atom. The standard InChI is InChI=1S/C7H4F10/c1-3(8,9)4(10,7(15,16)17)2-5(11,12)6(2,13)14/h2H,1H3. The fourth-order valence-corrected chi connectivity index (χ4v) is 1.51. The van der Waals surface area contributed by atoms with Crippen LogP contribution in [0.25, 0.3) is 0 Å². The summed E-state index contributed by atoms with van der Waals surface area (Å²) in [6.07, 6.45) is -6.54. The lowest BCUT2D eigenvalue weighted by Gasteiger charge is -2.32. The second kappa shape index (κ2) is 3.00. The molecule has 1 atom stereocenters. The molecule has 0 aromatic heterocycles. The first kappa shape index (κ1) is 14.4. The van der Waals surface area contributed by atoms with E-state index in [4.69, 9.17) is 0 Å². The third-order valence-electron chi connectivity index (χ3n) is 2.54. The van der Waals surface area contributed by atoms with E-state index < -0.39 is 42.5 Å². The summed E-state index contributed by atoms with van der Waals surface area (Å²) in [5.41, 5.74) is -5.98. The van der Waals surface area contributed by atoms with Crippen molar-refractivity contribution in [3.05, 3.63) is 0 Å². The van der Waals surface area contributed by atoms with Gasteiger partial charge in [0.25, 0.3) is 11.6 Å². The van der Waals surface area contributed by atoms with Gasteiger partial charge < -0.3 is 0 Å². The first-order valence-corrected chi connectivity index (χ1v) is 4.01. The summed E-state index contributed by atoms with van der Waals surface area (Å²) in [6, 6.07) is 0. The lowest BCUT2D eigenvalue weighted by atomic mass is 9.91. The zero-order valence-corrected chi connectivity index (χ0v) is 7.86. The normalized spacial score (nSPS) is 27.7. The van der Waals surface area contributed by atoms with E-state index in [1.54, 1.807) is 0 Å². The van der Waals surface area contributed by atoms with E-state index in [0.29, 0.717) is 0 Å². The highest BCUT2D eigenvalue weighted by atomic mass is 19.4. The molecule has 1 fully saturated rings. The molecule has 0 N–H and O–H groups in total. The van der Waals surface area contributed by atoms with Crippen LogP contribution in [-0.2, 0) is 0 Å². The van der Waals surface area contributed by atoms with Crippen LogP contribution in [0.4, 0.5) is 43.9 Å². The van der Waals surface area contributed by atoms with Crippen molar-refractivity contribution >= 4 is 0 Å². The Hall–Kier alpha value is -0.700. The van der Waals surface area contributed by atoms with Crippen LogP contribution in [0.2, 0.25) is 0 Å². The second-order valence-electron chi connectivity index (χ2n) is 3.78. The Labute approximate surface area is 87.6 Å². The third-order valence-corrected chi connectivity index (χ3v) is 2.54. The van der Waals surface area contributed by atoms with Crippen molar-refractivity contribution in [1.29, 1.82) is 0 Å². The van der Waals surface area contributed by atoms with Crippen LogP contribution in [0.15, 0.2) is 0 Å². The Kier molecular flexibility index (Phi) is 2.53. The van der Waals surface area contributed by atoms with E-state index in [1.807, 2.05) is 0 Å². The van der Waals surface area contributed by atoms with Gasteiger partial charge in [0, 0.05) is 6.92 Å². The van der Waals surface area contributed by atoms with Gasteiger partial charge in [0.15, 0.2) is 0 Å². The van der Waals surface area contributed by atoms with Crippen molar-refractivity contribution in [1.82, 2.24) is 0 Å². The van der Waals surface area contributed by atoms with Crippen molar-refractivity contribution in [2.45, 2.75) is 36.5 Å². The van der Waals surface area contributed by atoms with Crippen molar-refractivity contribution in [2.24, 2.45) is 5.92 Å². The van der Waals surface area contributed by atoms with E-state index in [0.717, 1.165) is 0 Å². The van der Waals surface area contributed by atoms with Crippen molar-refractivity contribution in [3.8, 4) is 0 Å². The van der Waals surface area contributed by atoms with Crippen LogP contribution >= 0.6 is 0 Å². The fraction of sp³-hybridized carbons (Fsp3) is 1.00. The minimum atomic E-state index is -6.54. The summed E-state index contributed by atoms with van der Waals surface area (Å²) >= 11 is 0. The highest BCUT2D eigenvalue weighted by molar-refractivity contribution is 5.26. The van der Waals surface area contributed by atoms with E-state index in [2.05, 4.69) is 0 Å². The molecule has 1 rings (SSSR count). The molecule has 0 radical (unpaired) electrons. The molecular weight excluding hydrogens is 274 g/mol. The first-order chi connectivity index (χ1) is 7.12. The first-order valence-electron chi connectivity index (χ1n) is 4.01. The highest BCUT2D eigenvalue weighted by Crippen LogP contribution is 2.72. The van der Waals surface area contributed by atoms with Gasteiger partial charge in [0.2, 0.25) is 0 Å². The van der Waals surface area contributed by atoms with Gasteiger partial charge in [-0.05, 0) is 0 Å². The number of rotatable bonds is 2. The van der Waals surface area contributed by atoms with Crippen LogP contribution in [0, 0.1) is 5.92 Å². The van der Waals surface area contributed by atoms with Gasteiger partial charge in [-0.2, -0.15) is 30.7 Å². The predicted molar refractivity (Wildman–Crippen MR) is 33.9 cm³/mol. The number of alkyl halides is 10. The third kappa shape index (κ3) is 1.51. The summed E-state index contributed by atoms with van der Waals surface area (Å²) in [4.78, 5) is 0. The zero-order chi connectivity index (χ0) is 14.1. The molecule has 17 heavy (non-hydrogen) atoms. The molecule has 0 nitrogen and oxygen atoms in total. The van der Waals surface area contributed by atoms with E-state index in [1.165, 1.54) is 0 Å². The second-order valence-corrected chi connectivity index (χ2v) is 3.78. The Balaban J connectivity index is 3.32. The van der Waals surface area contributed by atoms with Crippen LogP contribution in [-0.4, -0.2) is 29.6 Å². The van der Waals surface area contributed by atoms with Gasteiger partial charge in [-0.1, -0.05) is 0 Å². The van der Waals surface area contributed by atoms with Gasteiger partial charge in [0.05, 0.1) is 0 Å². The molecule has 1 aliphatic rings. The minimum Gasteiger partial charge on any atom is -0.226 e. The number of hydrogen-bond donors (Lipinski definition) is 0. The van der Waals surface area contributed by atoms with Crippen LogP contribution in [0.1, 0.15) is 6.92 Å². The summed E-state index contributed by atoms with van der Waals surface area (Å²) in [5.74, 6) is -20.7. The number of halogens is 10. The Morgan fingerprint density at radius 2 is 1.06 bits per heavy atom. The van der Waals surface area contributed by atoms with Crippen molar-refractivity contribution in [3.63, 3.8) is 0 Å². The molecule has 0 saturated heterocycles. The molecule has 0 heterocycles. The quantitative estimate of drug-likeness (QED) is 0.674. The van der Waals surface area contributed by atoms with Gasteiger partial charge in [-0.3, -0.25) is 0 Å². The predicted octanol–water partition coefficient (Wildman–Crippen LogP) is 3.81. The lowest BCUT2D eigenvalue weighted by Crippen LogP contribution is -2.57. The summed E-state index contributed by atoms with van der Waals surface area (Å²) in [5, 5.41) is 0. The molecule has 0 amide bonds. The molecule has 0 bridgehead atoms. The fourth-order valence-electron chi connectivity index (χ4n) is 1.51. The van der Waals surface area contributed by atoms with Crippen molar-refractivity contribution < 1.29 is 43.9 Å². The minimum absolute atomic E-state index is 0.676. The molecule has 0 aliphatic heterocycles. The van der Waals surface area contributed by atoms with E-state index in [9.17, 15) is 43.9 Å². The summed E-state index contributed by atoms with van der Waals surface area (Å²) in [7, 11) is 0. The monoisotopic (exact) mass is 278 g/mol. The summed E-state index contributed by atoms with van der Waals surface area (Å²) < 4.78 is 124. The largest absolute Gasteiger partial charge is 0.429 e. The molecule has 1 unspecified atom stereocenters. The average Bonchev–Trinajstić information content (AvgIpc) is 2.37. The zero-order valence-electron chi connectivity index (χ0n) is 7.86. The van der Waals surface area contributed by atoms with E-state index >= 15 is 0 Å². The molecule has 1 aliphatic carbocycles. The van der Waals surface area contributed by atoms with Crippen LogP contribution in [0.5, 0.6) is 0 Å². The highest BCUT2D eigenvalue weighted by Gasteiger charge is 2.98. The van der Waals surface area contributed by atoms with Gasteiger partial charge in [-0.25, -0.2) is 13.2 Å². The molecule has 10 heteroatoms. The topological polar surface area (TPSA) is 0 Å². The average molecular weight is 278 g/mol. The molecule has 0 aromatic carbocycles. The van der Waals surface area contributed by atoms with Crippen LogP contribution in [0.3, 0.4) is 0 Å². The molecule has 1 saturated carbocycles. The van der Waals surface area contributed by atoms with Crippen LogP contribution < -0.4 is 0 Å². The smallest absolute Gasteiger partial charge is 0.226 e. The SMILES string of the molecule is CC(F)(F)C(F)(C1C(F)(F)C1(F)F)C(F)(F)F. The number of hydrogen-bond acceptors (Lipinski definition) is 0. The molecular formula is C7H4F10. The molecule has 0 spiro atoms. The maximum Gasteiger partial charge on any atom is 0.429 e. The maximum atomic E-state index is 13.1. The molecule has 0 aromatic rings. The van der Waals surface area contributed by atoms with Gasteiger partial charge in [0.1, 0.15) is 5.92 Å². The van der Waals surface area contributed by atoms with Gasteiger partial charge >= 0.3 is 18.0 Å². The lowest BCUT2D eigenvalue weighted by molar-refractivity contribution is -0.314. The molecule has 102 valence electrons. The Morgan fingerprint density at radius 1 is 0.765 bits per heavy atom. The Bertz CT molecular complexity index is 293.